The van der Waals surface area contributed by atoms with E-state index < -0.39 is 12.5 Å². The molecular formula is C21H18F2N6O3. The number of ether oxygens (including phenoxy) is 2. The molecule has 1 unspecified atom stereocenters. The molecular weight excluding hydrogens is 422 g/mol. The molecule has 0 radical (unpaired) electrons. The summed E-state index contributed by atoms with van der Waals surface area (Å²) in [5.74, 6) is 0.0878. The minimum Gasteiger partial charge on any atom is -0.490 e. The number of carbonyl (C=O) groups is 1. The van der Waals surface area contributed by atoms with Gasteiger partial charge >= 0.3 is 6.61 Å². The molecule has 32 heavy (non-hydrogen) atoms. The second-order valence-electron chi connectivity index (χ2n) is 7.25. The van der Waals surface area contributed by atoms with Crippen molar-refractivity contribution in [3.8, 4) is 22.8 Å². The summed E-state index contributed by atoms with van der Waals surface area (Å²) in [5, 5.41) is 13.6. The van der Waals surface area contributed by atoms with Gasteiger partial charge in [-0.05, 0) is 24.6 Å². The number of benzene rings is 1. The fourth-order valence-electron chi connectivity index (χ4n) is 3.72. The predicted octanol–water partition coefficient (Wildman–Crippen LogP) is 3.69. The minimum atomic E-state index is -3.01. The van der Waals surface area contributed by atoms with E-state index in [1.54, 1.807) is 30.6 Å². The maximum absolute atomic E-state index is 13.1. The lowest BCUT2D eigenvalue weighted by Gasteiger charge is -2.13. The monoisotopic (exact) mass is 440 g/mol. The summed E-state index contributed by atoms with van der Waals surface area (Å²) >= 11 is 0. The molecule has 9 nitrogen and oxygen atoms in total. The lowest BCUT2D eigenvalue weighted by molar-refractivity contribution is -0.0495. The molecule has 1 amide bonds. The summed E-state index contributed by atoms with van der Waals surface area (Å²) < 4.78 is 38.4. The van der Waals surface area contributed by atoms with E-state index in [1.807, 2.05) is 6.92 Å². The molecule has 164 valence electrons. The van der Waals surface area contributed by atoms with Gasteiger partial charge in [-0.1, -0.05) is 6.92 Å². The van der Waals surface area contributed by atoms with Crippen LogP contribution in [0.3, 0.4) is 0 Å². The highest BCUT2D eigenvalue weighted by molar-refractivity contribution is 6.09. The molecule has 1 aliphatic heterocycles. The number of fused-ring (bicyclic) bond motifs is 2. The largest absolute Gasteiger partial charge is 0.490 e. The number of alkyl halides is 2. The number of nitrogens with zero attached hydrogens (tertiary/aromatic N) is 4. The minimum absolute atomic E-state index is 0.0243. The molecule has 4 aromatic rings. The van der Waals surface area contributed by atoms with Crippen LogP contribution in [0.2, 0.25) is 0 Å². The average molecular weight is 440 g/mol. The predicted molar refractivity (Wildman–Crippen MR) is 110 cm³/mol. The summed E-state index contributed by atoms with van der Waals surface area (Å²) in [6, 6.07) is 4.87. The summed E-state index contributed by atoms with van der Waals surface area (Å²) in [5.41, 5.74) is 2.32. The highest BCUT2D eigenvalue weighted by Crippen LogP contribution is 2.42. The average Bonchev–Trinajstić information content (AvgIpc) is 3.50. The Balaban J connectivity index is 1.51. The van der Waals surface area contributed by atoms with Crippen molar-refractivity contribution in [3.63, 3.8) is 0 Å². The Labute approximate surface area is 180 Å². The maximum atomic E-state index is 13.1. The zero-order valence-electron chi connectivity index (χ0n) is 16.9. The van der Waals surface area contributed by atoms with Crippen LogP contribution in [0.25, 0.3) is 16.9 Å². The molecule has 0 fully saturated rings. The number of hydrogen-bond acceptors (Lipinski definition) is 6. The van der Waals surface area contributed by atoms with Crippen molar-refractivity contribution in [1.29, 1.82) is 0 Å². The van der Waals surface area contributed by atoms with E-state index in [-0.39, 0.29) is 23.1 Å². The van der Waals surface area contributed by atoms with Crippen LogP contribution in [0.15, 0.2) is 43.0 Å². The smallest absolute Gasteiger partial charge is 0.387 e. The number of H-pyrrole nitrogens is 1. The first-order chi connectivity index (χ1) is 15.5. The Kier molecular flexibility index (Phi) is 4.92. The molecule has 4 heterocycles. The molecule has 0 spiro atoms. The molecule has 11 heteroatoms. The van der Waals surface area contributed by atoms with Crippen LogP contribution in [0.5, 0.6) is 11.5 Å². The second kappa shape index (κ2) is 7.91. The SMILES string of the molecule is CCC1Cc2cc(OC(F)F)c(-c3[nH]ncc3NC(=O)c3cnn4cccnc34)cc2O1. The fourth-order valence-corrected chi connectivity index (χ4v) is 3.72. The van der Waals surface area contributed by atoms with Crippen LogP contribution in [0, 0.1) is 0 Å². The number of aromatic nitrogens is 5. The van der Waals surface area contributed by atoms with Gasteiger partial charge in [0.05, 0.1) is 23.8 Å². The third kappa shape index (κ3) is 3.51. The maximum Gasteiger partial charge on any atom is 0.387 e. The molecule has 0 saturated heterocycles. The summed E-state index contributed by atoms with van der Waals surface area (Å²) in [6.45, 7) is -1.02. The van der Waals surface area contributed by atoms with Crippen LogP contribution in [-0.4, -0.2) is 43.4 Å². The second-order valence-corrected chi connectivity index (χ2v) is 7.25. The van der Waals surface area contributed by atoms with Gasteiger partial charge in [-0.2, -0.15) is 19.0 Å². The van der Waals surface area contributed by atoms with Crippen molar-refractivity contribution < 1.29 is 23.0 Å². The first-order valence-corrected chi connectivity index (χ1v) is 9.95. The zero-order chi connectivity index (χ0) is 22.2. The van der Waals surface area contributed by atoms with Gasteiger partial charge in [0.25, 0.3) is 5.91 Å². The lowest BCUT2D eigenvalue weighted by Crippen LogP contribution is -2.12. The Morgan fingerprint density at radius 2 is 2.28 bits per heavy atom. The van der Waals surface area contributed by atoms with Crippen molar-refractivity contribution in [3.05, 3.63) is 54.1 Å². The number of amides is 1. The van der Waals surface area contributed by atoms with Crippen LogP contribution < -0.4 is 14.8 Å². The van der Waals surface area contributed by atoms with Crippen molar-refractivity contribution in [1.82, 2.24) is 24.8 Å². The van der Waals surface area contributed by atoms with Gasteiger partial charge in [-0.3, -0.25) is 9.89 Å². The number of anilines is 1. The van der Waals surface area contributed by atoms with E-state index in [4.69, 9.17) is 9.47 Å². The Bertz CT molecular complexity index is 1300. The molecule has 1 aromatic carbocycles. The number of carbonyl (C=O) groups excluding carboxylic acids is 1. The molecule has 0 bridgehead atoms. The first-order valence-electron chi connectivity index (χ1n) is 9.95. The van der Waals surface area contributed by atoms with Crippen LogP contribution in [0.4, 0.5) is 14.5 Å². The van der Waals surface area contributed by atoms with Crippen LogP contribution in [0.1, 0.15) is 29.3 Å². The highest BCUT2D eigenvalue weighted by atomic mass is 19.3. The number of hydrogen-bond donors (Lipinski definition) is 2. The number of nitrogens with one attached hydrogen (secondary N) is 2. The van der Waals surface area contributed by atoms with Gasteiger partial charge in [0.15, 0.2) is 5.65 Å². The summed E-state index contributed by atoms with van der Waals surface area (Å²) in [6.07, 6.45) is 7.39. The lowest BCUT2D eigenvalue weighted by atomic mass is 10.0. The first kappa shape index (κ1) is 19.9. The van der Waals surface area contributed by atoms with E-state index in [2.05, 4.69) is 25.6 Å². The topological polar surface area (TPSA) is 106 Å². The van der Waals surface area contributed by atoms with E-state index in [0.717, 1.165) is 12.0 Å². The van der Waals surface area contributed by atoms with Gasteiger partial charge in [0, 0.05) is 29.9 Å². The molecule has 2 N–H and O–H groups in total. The van der Waals surface area contributed by atoms with E-state index in [1.165, 1.54) is 16.9 Å². The van der Waals surface area contributed by atoms with E-state index >= 15 is 0 Å². The van der Waals surface area contributed by atoms with E-state index in [0.29, 0.717) is 29.1 Å². The molecule has 0 aliphatic carbocycles. The van der Waals surface area contributed by atoms with Crippen molar-refractivity contribution in [2.75, 3.05) is 5.32 Å². The van der Waals surface area contributed by atoms with Gasteiger partial charge in [-0.15, -0.1) is 0 Å². The van der Waals surface area contributed by atoms with Crippen molar-refractivity contribution in [2.24, 2.45) is 0 Å². The number of aromatic amines is 1. The van der Waals surface area contributed by atoms with E-state index in [9.17, 15) is 13.6 Å². The Morgan fingerprint density at radius 1 is 1.41 bits per heavy atom. The number of halogens is 2. The molecule has 0 saturated carbocycles. The highest BCUT2D eigenvalue weighted by Gasteiger charge is 2.27. The van der Waals surface area contributed by atoms with Crippen molar-refractivity contribution in [2.45, 2.75) is 32.5 Å². The van der Waals surface area contributed by atoms with Gasteiger partial charge < -0.3 is 14.8 Å². The molecule has 1 atom stereocenters. The molecule has 5 rings (SSSR count). The molecule has 1 aliphatic rings. The standard InChI is InChI=1S/C21H18F2N6O3/c1-2-12-6-11-7-17(32-21(22)23)13(8-16(11)31-12)18-15(10-25-28-18)27-20(30)14-9-26-29-5-3-4-24-19(14)29/h3-5,7-10,12,21H,2,6H2,1H3,(H,25,28)(H,27,30). The Morgan fingerprint density at radius 3 is 3.09 bits per heavy atom. The van der Waals surface area contributed by atoms with Gasteiger partial charge in [-0.25, -0.2) is 9.50 Å². The third-order valence-corrected chi connectivity index (χ3v) is 5.26. The Hall–Kier alpha value is -4.02. The van der Waals surface area contributed by atoms with Gasteiger partial charge in [0.2, 0.25) is 0 Å². The zero-order valence-corrected chi connectivity index (χ0v) is 16.9. The van der Waals surface area contributed by atoms with Crippen LogP contribution in [-0.2, 0) is 6.42 Å². The summed E-state index contributed by atoms with van der Waals surface area (Å²) in [7, 11) is 0. The summed E-state index contributed by atoms with van der Waals surface area (Å²) in [4.78, 5) is 17.1. The van der Waals surface area contributed by atoms with Crippen LogP contribution >= 0.6 is 0 Å². The normalized spacial score (nSPS) is 15.1. The number of rotatable bonds is 6. The quantitative estimate of drug-likeness (QED) is 0.474. The van der Waals surface area contributed by atoms with Gasteiger partial charge in [0.1, 0.15) is 23.2 Å². The van der Waals surface area contributed by atoms with Crippen molar-refractivity contribution >= 4 is 17.2 Å². The third-order valence-electron chi connectivity index (χ3n) is 5.26. The fraction of sp³-hybridized carbons (Fsp3) is 0.238. The molecule has 3 aromatic heterocycles.